The van der Waals surface area contributed by atoms with Crippen molar-refractivity contribution in [3.05, 3.63) is 40.9 Å². The van der Waals surface area contributed by atoms with Gasteiger partial charge in [-0.3, -0.25) is 4.79 Å². The van der Waals surface area contributed by atoms with E-state index in [-0.39, 0.29) is 13.2 Å². The number of hydrogen-bond donors (Lipinski definition) is 0. The highest BCUT2D eigenvalue weighted by Crippen LogP contribution is 2.16. The minimum Gasteiger partial charge on any atom is -0.452 e. The summed E-state index contributed by atoms with van der Waals surface area (Å²) in [5, 5.41) is 0.498. The summed E-state index contributed by atoms with van der Waals surface area (Å²) in [6.07, 6.45) is 1.93. The van der Waals surface area contributed by atoms with E-state index in [2.05, 4.69) is 4.74 Å². The van der Waals surface area contributed by atoms with Gasteiger partial charge in [-0.15, -0.1) is 0 Å². The molecule has 0 spiro atoms. The van der Waals surface area contributed by atoms with Gasteiger partial charge in [0, 0.05) is 11.1 Å². The normalized spacial score (nSPS) is 14.3. The molecule has 0 aliphatic carbocycles. The number of carbonyl (C=O) groups is 3. The lowest BCUT2D eigenvalue weighted by atomic mass is 10.2. The molecule has 1 heterocycles. The smallest absolute Gasteiger partial charge is 0.416 e. The third-order valence-corrected chi connectivity index (χ3v) is 3.05. The van der Waals surface area contributed by atoms with Gasteiger partial charge in [0.2, 0.25) is 0 Å². The van der Waals surface area contributed by atoms with Gasteiger partial charge in [0.1, 0.15) is 6.61 Å². The minimum atomic E-state index is -0.720. The van der Waals surface area contributed by atoms with Crippen LogP contribution in [-0.4, -0.2) is 42.6 Å². The first-order valence-corrected chi connectivity index (χ1v) is 6.52. The summed E-state index contributed by atoms with van der Waals surface area (Å²) in [6.45, 7) is -0.184. The van der Waals surface area contributed by atoms with Crippen LogP contribution in [0.15, 0.2) is 30.3 Å². The Morgan fingerprint density at radius 2 is 2.14 bits per heavy atom. The van der Waals surface area contributed by atoms with Crippen molar-refractivity contribution in [2.45, 2.75) is 0 Å². The fourth-order valence-electron chi connectivity index (χ4n) is 1.65. The average molecular weight is 310 g/mol. The zero-order valence-corrected chi connectivity index (χ0v) is 11.7. The Labute approximate surface area is 125 Å². The van der Waals surface area contributed by atoms with E-state index in [1.807, 2.05) is 0 Å². The van der Waals surface area contributed by atoms with Crippen molar-refractivity contribution in [2.24, 2.45) is 0 Å². The zero-order chi connectivity index (χ0) is 15.2. The van der Waals surface area contributed by atoms with E-state index in [0.717, 1.165) is 11.0 Å². The molecule has 110 valence electrons. The summed E-state index contributed by atoms with van der Waals surface area (Å²) < 4.78 is 9.37. The third-order valence-electron chi connectivity index (χ3n) is 2.70. The first-order valence-electron chi connectivity index (χ1n) is 6.14. The van der Waals surface area contributed by atoms with Gasteiger partial charge >= 0.3 is 12.1 Å². The second-order valence-electron chi connectivity index (χ2n) is 4.12. The number of esters is 1. The van der Waals surface area contributed by atoms with E-state index in [0.29, 0.717) is 10.6 Å². The number of ether oxygens (including phenoxy) is 2. The fraction of sp³-hybridized carbons (Fsp3) is 0.214. The van der Waals surface area contributed by atoms with Gasteiger partial charge in [0.05, 0.1) is 6.54 Å². The Balaban J connectivity index is 1.84. The van der Waals surface area contributed by atoms with Crippen molar-refractivity contribution in [3.63, 3.8) is 0 Å². The highest BCUT2D eigenvalue weighted by molar-refractivity contribution is 6.32. The van der Waals surface area contributed by atoms with Crippen LogP contribution in [0.5, 0.6) is 0 Å². The predicted molar refractivity (Wildman–Crippen MR) is 74.5 cm³/mol. The predicted octanol–water partition coefficient (Wildman–Crippen LogP) is 1.88. The van der Waals surface area contributed by atoms with Crippen LogP contribution in [0.25, 0.3) is 6.08 Å². The average Bonchev–Trinajstić information content (AvgIpc) is 2.90. The largest absolute Gasteiger partial charge is 0.452 e. The Kier molecular flexibility index (Phi) is 4.94. The fourth-order valence-corrected chi connectivity index (χ4v) is 1.85. The second-order valence-corrected chi connectivity index (χ2v) is 4.53. The summed E-state index contributed by atoms with van der Waals surface area (Å²) in [5.74, 6) is -1.31. The molecule has 0 N–H and O–H groups in total. The Hall–Kier alpha value is -2.34. The standard InChI is InChI=1S/C14H12ClNO5/c15-11-4-2-1-3-10(11)5-6-13(18)21-9-12(17)16-7-8-20-14(16)19/h1-6H,7-9H2/b6-5+. The summed E-state index contributed by atoms with van der Waals surface area (Å²) >= 11 is 5.92. The first kappa shape index (κ1) is 15.1. The molecule has 7 heteroatoms. The lowest BCUT2D eigenvalue weighted by molar-refractivity contribution is -0.146. The maximum Gasteiger partial charge on any atom is 0.416 e. The number of halogens is 1. The monoisotopic (exact) mass is 309 g/mol. The van der Waals surface area contributed by atoms with Crippen molar-refractivity contribution >= 4 is 35.6 Å². The number of imide groups is 1. The topological polar surface area (TPSA) is 72.9 Å². The number of nitrogens with zero attached hydrogens (tertiary/aromatic N) is 1. The van der Waals surface area contributed by atoms with E-state index in [1.54, 1.807) is 24.3 Å². The highest BCUT2D eigenvalue weighted by atomic mass is 35.5. The lowest BCUT2D eigenvalue weighted by Gasteiger charge is -2.09. The van der Waals surface area contributed by atoms with E-state index < -0.39 is 24.6 Å². The molecule has 0 unspecified atom stereocenters. The molecule has 21 heavy (non-hydrogen) atoms. The molecule has 0 saturated carbocycles. The molecule has 6 nitrogen and oxygen atoms in total. The van der Waals surface area contributed by atoms with Gasteiger partial charge in [-0.05, 0) is 17.7 Å². The van der Waals surface area contributed by atoms with Crippen LogP contribution in [0.2, 0.25) is 5.02 Å². The number of benzene rings is 1. The highest BCUT2D eigenvalue weighted by Gasteiger charge is 2.28. The number of carbonyl (C=O) groups excluding carboxylic acids is 3. The van der Waals surface area contributed by atoms with Gasteiger partial charge in [-0.1, -0.05) is 29.8 Å². The Morgan fingerprint density at radius 3 is 2.81 bits per heavy atom. The molecule has 0 radical (unpaired) electrons. The van der Waals surface area contributed by atoms with Crippen molar-refractivity contribution in [1.29, 1.82) is 0 Å². The van der Waals surface area contributed by atoms with Crippen molar-refractivity contribution in [2.75, 3.05) is 19.8 Å². The van der Waals surface area contributed by atoms with Crippen LogP contribution in [0.1, 0.15) is 5.56 Å². The van der Waals surface area contributed by atoms with Gasteiger partial charge < -0.3 is 9.47 Å². The number of rotatable bonds is 4. The Morgan fingerprint density at radius 1 is 1.38 bits per heavy atom. The van der Waals surface area contributed by atoms with Crippen molar-refractivity contribution in [3.8, 4) is 0 Å². The van der Waals surface area contributed by atoms with E-state index in [4.69, 9.17) is 16.3 Å². The number of amides is 2. The molecule has 1 aromatic rings. The number of hydrogen-bond acceptors (Lipinski definition) is 5. The van der Waals surface area contributed by atoms with Crippen LogP contribution in [0.4, 0.5) is 4.79 Å². The zero-order valence-electron chi connectivity index (χ0n) is 11.0. The van der Waals surface area contributed by atoms with E-state index in [1.165, 1.54) is 6.08 Å². The quantitative estimate of drug-likeness (QED) is 0.627. The molecule has 0 aromatic heterocycles. The summed E-state index contributed by atoms with van der Waals surface area (Å²) in [4.78, 5) is 35.1. The van der Waals surface area contributed by atoms with Crippen LogP contribution in [-0.2, 0) is 19.1 Å². The molecule has 2 amide bonds. The van der Waals surface area contributed by atoms with Gasteiger partial charge in [-0.2, -0.15) is 0 Å². The molecule has 1 aromatic carbocycles. The lowest BCUT2D eigenvalue weighted by Crippen LogP contribution is -2.35. The van der Waals surface area contributed by atoms with Crippen LogP contribution < -0.4 is 0 Å². The van der Waals surface area contributed by atoms with Crippen LogP contribution >= 0.6 is 11.6 Å². The minimum absolute atomic E-state index is 0.158. The van der Waals surface area contributed by atoms with Crippen LogP contribution in [0, 0.1) is 0 Å². The molecule has 1 fully saturated rings. The SMILES string of the molecule is O=C(/C=C/c1ccccc1Cl)OCC(=O)N1CCOC1=O. The summed E-state index contributed by atoms with van der Waals surface area (Å²) in [6, 6.07) is 6.97. The van der Waals surface area contributed by atoms with Crippen molar-refractivity contribution < 1.29 is 23.9 Å². The molecule has 1 aliphatic rings. The first-order chi connectivity index (χ1) is 10.1. The maximum absolute atomic E-state index is 11.6. The molecular weight excluding hydrogens is 298 g/mol. The van der Waals surface area contributed by atoms with E-state index in [9.17, 15) is 14.4 Å². The van der Waals surface area contributed by atoms with Gasteiger partial charge in [0.15, 0.2) is 6.61 Å². The number of cyclic esters (lactones) is 1. The third kappa shape index (κ3) is 4.06. The molecule has 0 bridgehead atoms. The molecule has 0 atom stereocenters. The summed E-state index contributed by atoms with van der Waals surface area (Å²) in [5.41, 5.74) is 0.658. The van der Waals surface area contributed by atoms with Crippen molar-refractivity contribution in [1.82, 2.24) is 4.90 Å². The maximum atomic E-state index is 11.6. The molecular formula is C14H12ClNO5. The summed E-state index contributed by atoms with van der Waals surface area (Å²) in [7, 11) is 0. The van der Waals surface area contributed by atoms with E-state index >= 15 is 0 Å². The molecule has 1 saturated heterocycles. The Bertz CT molecular complexity index is 599. The van der Waals surface area contributed by atoms with Gasteiger partial charge in [-0.25, -0.2) is 14.5 Å². The van der Waals surface area contributed by atoms with Crippen LogP contribution in [0.3, 0.4) is 0 Å². The molecule has 2 rings (SSSR count). The second kappa shape index (κ2) is 6.90. The van der Waals surface area contributed by atoms with Gasteiger partial charge in [0.25, 0.3) is 5.91 Å². The molecule has 1 aliphatic heterocycles.